The van der Waals surface area contributed by atoms with Crippen LogP contribution in [0.25, 0.3) is 0 Å². The lowest BCUT2D eigenvalue weighted by Crippen LogP contribution is -2.58. The molecule has 0 unspecified atom stereocenters. The van der Waals surface area contributed by atoms with E-state index in [4.69, 9.17) is 9.47 Å². The molecule has 1 atom stereocenters. The maximum atomic E-state index is 11.6. The summed E-state index contributed by atoms with van der Waals surface area (Å²) in [5, 5.41) is 6.18. The Morgan fingerprint density at radius 2 is 2.20 bits per heavy atom. The minimum atomic E-state index is -0.404. The fourth-order valence-corrected chi connectivity index (χ4v) is 2.18. The Kier molecular flexibility index (Phi) is 4.98. The molecule has 0 bridgehead atoms. The molecular formula is C15H22N2O3. The molecule has 1 aromatic carbocycles. The molecule has 110 valence electrons. The first-order chi connectivity index (χ1) is 9.55. The average molecular weight is 278 g/mol. The number of ether oxygens (including phenoxy) is 2. The summed E-state index contributed by atoms with van der Waals surface area (Å²) in [6, 6.07) is 9.73. The first kappa shape index (κ1) is 14.8. The number of rotatable bonds is 4. The quantitative estimate of drug-likeness (QED) is 0.880. The molecule has 0 spiro atoms. The predicted octanol–water partition coefficient (Wildman–Crippen LogP) is 1.68. The highest BCUT2D eigenvalue weighted by atomic mass is 16.5. The second-order valence-corrected chi connectivity index (χ2v) is 5.68. The van der Waals surface area contributed by atoms with E-state index in [1.807, 2.05) is 30.3 Å². The van der Waals surface area contributed by atoms with Gasteiger partial charge in [-0.15, -0.1) is 0 Å². The van der Waals surface area contributed by atoms with Gasteiger partial charge in [-0.05, 0) is 19.4 Å². The first-order valence-electron chi connectivity index (χ1n) is 6.85. The van der Waals surface area contributed by atoms with Crippen LogP contribution in [0, 0.1) is 0 Å². The normalized spacial score (nSPS) is 21.2. The Balaban J connectivity index is 1.67. The molecule has 1 aliphatic heterocycles. The zero-order chi connectivity index (χ0) is 14.4. The van der Waals surface area contributed by atoms with Gasteiger partial charge in [0.2, 0.25) is 0 Å². The summed E-state index contributed by atoms with van der Waals surface area (Å²) >= 11 is 0. The zero-order valence-corrected chi connectivity index (χ0v) is 12.0. The number of alkyl carbamates (subject to hydrolysis) is 1. The highest BCUT2D eigenvalue weighted by Gasteiger charge is 2.27. The van der Waals surface area contributed by atoms with E-state index in [9.17, 15) is 4.79 Å². The van der Waals surface area contributed by atoms with Crippen LogP contribution in [0.1, 0.15) is 19.4 Å². The third kappa shape index (κ3) is 4.83. The molecule has 1 fully saturated rings. The number of morpholine rings is 1. The van der Waals surface area contributed by atoms with Gasteiger partial charge in [0, 0.05) is 18.1 Å². The van der Waals surface area contributed by atoms with Gasteiger partial charge in [-0.25, -0.2) is 4.79 Å². The van der Waals surface area contributed by atoms with Gasteiger partial charge in [0.15, 0.2) is 0 Å². The molecule has 1 aromatic rings. The number of benzene rings is 1. The maximum Gasteiger partial charge on any atom is 0.407 e. The lowest BCUT2D eigenvalue weighted by molar-refractivity contribution is 0.0133. The van der Waals surface area contributed by atoms with E-state index in [1.165, 1.54) is 0 Å². The Bertz CT molecular complexity index is 434. The lowest BCUT2D eigenvalue weighted by Gasteiger charge is -2.36. The monoisotopic (exact) mass is 278 g/mol. The van der Waals surface area contributed by atoms with Crippen molar-refractivity contribution in [3.05, 3.63) is 35.9 Å². The van der Waals surface area contributed by atoms with Crippen molar-refractivity contribution >= 4 is 6.09 Å². The fourth-order valence-electron chi connectivity index (χ4n) is 2.18. The highest BCUT2D eigenvalue weighted by molar-refractivity contribution is 5.67. The van der Waals surface area contributed by atoms with Crippen LogP contribution < -0.4 is 10.6 Å². The number of hydrogen-bond acceptors (Lipinski definition) is 4. The van der Waals surface area contributed by atoms with Crippen molar-refractivity contribution in [2.45, 2.75) is 32.0 Å². The van der Waals surface area contributed by atoms with Gasteiger partial charge in [-0.1, -0.05) is 30.3 Å². The second-order valence-electron chi connectivity index (χ2n) is 5.68. The van der Waals surface area contributed by atoms with Crippen LogP contribution in [0.5, 0.6) is 0 Å². The minimum Gasteiger partial charge on any atom is -0.445 e. The van der Waals surface area contributed by atoms with Crippen molar-refractivity contribution in [3.8, 4) is 0 Å². The largest absolute Gasteiger partial charge is 0.445 e. The van der Waals surface area contributed by atoms with E-state index >= 15 is 0 Å². The predicted molar refractivity (Wildman–Crippen MR) is 76.5 cm³/mol. The number of carbonyl (C=O) groups excluding carboxylic acids is 1. The Hall–Kier alpha value is -1.59. The molecule has 5 nitrogen and oxygen atoms in total. The number of amides is 1. The fraction of sp³-hybridized carbons (Fsp3) is 0.533. The maximum absolute atomic E-state index is 11.6. The first-order valence-corrected chi connectivity index (χ1v) is 6.85. The van der Waals surface area contributed by atoms with Gasteiger partial charge < -0.3 is 20.1 Å². The van der Waals surface area contributed by atoms with Crippen molar-refractivity contribution in [2.75, 3.05) is 19.8 Å². The molecule has 1 amide bonds. The van der Waals surface area contributed by atoms with Crippen LogP contribution in [0.2, 0.25) is 0 Å². The third-order valence-corrected chi connectivity index (χ3v) is 3.08. The van der Waals surface area contributed by atoms with Gasteiger partial charge in [0.25, 0.3) is 0 Å². The number of hydrogen-bond donors (Lipinski definition) is 2. The van der Waals surface area contributed by atoms with Gasteiger partial charge in [-0.3, -0.25) is 0 Å². The SMILES string of the molecule is CC1(C)COC[C@@H](CNC(=O)OCc2ccccc2)N1. The van der Waals surface area contributed by atoms with Crippen molar-refractivity contribution in [2.24, 2.45) is 0 Å². The summed E-state index contributed by atoms with van der Waals surface area (Å²) in [5.74, 6) is 0. The van der Waals surface area contributed by atoms with Gasteiger partial charge in [0.05, 0.1) is 13.2 Å². The van der Waals surface area contributed by atoms with Crippen LogP contribution in [0.3, 0.4) is 0 Å². The number of carbonyl (C=O) groups is 1. The molecule has 2 rings (SSSR count). The van der Waals surface area contributed by atoms with Crippen molar-refractivity contribution < 1.29 is 14.3 Å². The van der Waals surface area contributed by atoms with Crippen LogP contribution in [0.4, 0.5) is 4.79 Å². The van der Waals surface area contributed by atoms with E-state index in [2.05, 4.69) is 24.5 Å². The summed E-state index contributed by atoms with van der Waals surface area (Å²) in [7, 11) is 0. The lowest BCUT2D eigenvalue weighted by atomic mass is 10.0. The van der Waals surface area contributed by atoms with Crippen molar-refractivity contribution in [1.29, 1.82) is 0 Å². The van der Waals surface area contributed by atoms with E-state index in [1.54, 1.807) is 0 Å². The average Bonchev–Trinajstić information content (AvgIpc) is 2.43. The van der Waals surface area contributed by atoms with E-state index in [0.29, 0.717) is 19.8 Å². The highest BCUT2D eigenvalue weighted by Crippen LogP contribution is 2.10. The third-order valence-electron chi connectivity index (χ3n) is 3.08. The summed E-state index contributed by atoms with van der Waals surface area (Å²) in [6.07, 6.45) is -0.404. The molecule has 1 heterocycles. The van der Waals surface area contributed by atoms with Gasteiger partial charge in [0.1, 0.15) is 6.61 Å². The van der Waals surface area contributed by atoms with Crippen molar-refractivity contribution in [1.82, 2.24) is 10.6 Å². The molecule has 1 saturated heterocycles. The molecule has 0 aromatic heterocycles. The molecule has 0 saturated carbocycles. The Labute approximate surface area is 119 Å². The second kappa shape index (κ2) is 6.72. The minimum absolute atomic E-state index is 0.0570. The smallest absolute Gasteiger partial charge is 0.407 e. The molecule has 2 N–H and O–H groups in total. The standard InChI is InChI=1S/C15H22N2O3/c1-15(2)11-19-10-13(17-15)8-16-14(18)20-9-12-6-4-3-5-7-12/h3-7,13,17H,8-11H2,1-2H3,(H,16,18)/t13-/m1/s1. The summed E-state index contributed by atoms with van der Waals surface area (Å²) in [6.45, 7) is 6.22. The van der Waals surface area contributed by atoms with Crippen LogP contribution in [-0.2, 0) is 16.1 Å². The Morgan fingerprint density at radius 3 is 2.90 bits per heavy atom. The zero-order valence-electron chi connectivity index (χ0n) is 12.0. The summed E-state index contributed by atoms with van der Waals surface area (Å²) in [5.41, 5.74) is 0.918. The van der Waals surface area contributed by atoms with Gasteiger partial charge in [-0.2, -0.15) is 0 Å². The Morgan fingerprint density at radius 1 is 1.45 bits per heavy atom. The molecule has 0 aliphatic carbocycles. The van der Waals surface area contributed by atoms with E-state index in [-0.39, 0.29) is 18.2 Å². The molecular weight excluding hydrogens is 256 g/mol. The van der Waals surface area contributed by atoms with Crippen LogP contribution in [-0.4, -0.2) is 37.4 Å². The van der Waals surface area contributed by atoms with Crippen LogP contribution >= 0.6 is 0 Å². The number of nitrogens with one attached hydrogen (secondary N) is 2. The van der Waals surface area contributed by atoms with E-state index < -0.39 is 6.09 Å². The molecule has 20 heavy (non-hydrogen) atoms. The van der Waals surface area contributed by atoms with Crippen LogP contribution in [0.15, 0.2) is 30.3 Å². The topological polar surface area (TPSA) is 59.6 Å². The van der Waals surface area contributed by atoms with Gasteiger partial charge >= 0.3 is 6.09 Å². The molecule has 0 radical (unpaired) electrons. The summed E-state index contributed by atoms with van der Waals surface area (Å²) in [4.78, 5) is 11.6. The molecule has 1 aliphatic rings. The molecule has 5 heteroatoms. The summed E-state index contributed by atoms with van der Waals surface area (Å²) < 4.78 is 10.7. The van der Waals surface area contributed by atoms with Crippen molar-refractivity contribution in [3.63, 3.8) is 0 Å². The van der Waals surface area contributed by atoms with E-state index in [0.717, 1.165) is 5.56 Å².